The second-order valence-electron chi connectivity index (χ2n) is 6.91. The lowest BCUT2D eigenvalue weighted by Gasteiger charge is -2.34. The van der Waals surface area contributed by atoms with E-state index in [2.05, 4.69) is 15.1 Å². The first-order valence-corrected chi connectivity index (χ1v) is 8.86. The number of carbonyl (C=O) groups is 1. The zero-order chi connectivity index (χ0) is 16.5. The van der Waals surface area contributed by atoms with E-state index >= 15 is 0 Å². The fourth-order valence-electron chi connectivity index (χ4n) is 3.79. The number of nitrogens with zero attached hydrogens (tertiary/aromatic N) is 4. The van der Waals surface area contributed by atoms with Gasteiger partial charge in [0.15, 0.2) is 5.82 Å². The van der Waals surface area contributed by atoms with E-state index in [0.717, 1.165) is 50.3 Å². The number of piperidine rings is 1. The van der Waals surface area contributed by atoms with Crippen molar-refractivity contribution in [2.75, 3.05) is 31.1 Å². The van der Waals surface area contributed by atoms with Gasteiger partial charge in [0.2, 0.25) is 0 Å². The third-order valence-corrected chi connectivity index (χ3v) is 5.18. The summed E-state index contributed by atoms with van der Waals surface area (Å²) in [5.41, 5.74) is 0.915. The monoisotopic (exact) mass is 332 g/mol. The SMILES string of the molecule is Cc1ccc(N2CC[C@@H]3C[C@H](C(=O)N4CCCCO4)O[C@H]3C2)nn1. The van der Waals surface area contributed by atoms with Crippen LogP contribution in [0.5, 0.6) is 0 Å². The summed E-state index contributed by atoms with van der Waals surface area (Å²) in [4.78, 5) is 20.3. The highest BCUT2D eigenvalue weighted by Crippen LogP contribution is 2.35. The van der Waals surface area contributed by atoms with Gasteiger partial charge in [0, 0.05) is 19.6 Å². The number of hydrogen-bond acceptors (Lipinski definition) is 6. The molecule has 0 spiro atoms. The molecule has 24 heavy (non-hydrogen) atoms. The number of aromatic nitrogens is 2. The molecule has 7 nitrogen and oxygen atoms in total. The smallest absolute Gasteiger partial charge is 0.275 e. The van der Waals surface area contributed by atoms with Crippen molar-refractivity contribution in [3.8, 4) is 0 Å². The van der Waals surface area contributed by atoms with Gasteiger partial charge in [-0.05, 0) is 50.7 Å². The van der Waals surface area contributed by atoms with E-state index in [-0.39, 0.29) is 18.1 Å². The van der Waals surface area contributed by atoms with Gasteiger partial charge < -0.3 is 9.64 Å². The molecule has 0 bridgehead atoms. The van der Waals surface area contributed by atoms with Crippen LogP contribution in [-0.4, -0.2) is 59.6 Å². The molecule has 4 rings (SSSR count). The van der Waals surface area contributed by atoms with Crippen molar-refractivity contribution in [1.82, 2.24) is 15.3 Å². The van der Waals surface area contributed by atoms with Gasteiger partial charge in [0.25, 0.3) is 5.91 Å². The van der Waals surface area contributed by atoms with E-state index in [9.17, 15) is 4.79 Å². The Morgan fingerprint density at radius 2 is 2.17 bits per heavy atom. The van der Waals surface area contributed by atoms with Gasteiger partial charge in [-0.2, -0.15) is 5.10 Å². The molecular formula is C17H24N4O3. The van der Waals surface area contributed by atoms with Gasteiger partial charge >= 0.3 is 0 Å². The average molecular weight is 332 g/mol. The van der Waals surface area contributed by atoms with E-state index in [4.69, 9.17) is 9.57 Å². The molecule has 3 fully saturated rings. The molecule has 0 aromatic carbocycles. The summed E-state index contributed by atoms with van der Waals surface area (Å²) in [5.74, 6) is 1.32. The summed E-state index contributed by atoms with van der Waals surface area (Å²) in [5, 5.41) is 9.91. The molecule has 1 aromatic rings. The van der Waals surface area contributed by atoms with Crippen LogP contribution in [0.2, 0.25) is 0 Å². The standard InChI is InChI=1S/C17H24N4O3/c1-12-4-5-16(19-18-12)20-8-6-13-10-14(24-15(13)11-20)17(22)21-7-2-3-9-23-21/h4-5,13-15H,2-3,6-11H2,1H3/t13-,14-,15+/m1/s1. The predicted molar refractivity (Wildman–Crippen MR) is 87.3 cm³/mol. The van der Waals surface area contributed by atoms with Gasteiger partial charge in [-0.15, -0.1) is 5.10 Å². The van der Waals surface area contributed by atoms with Crippen molar-refractivity contribution in [3.05, 3.63) is 17.8 Å². The number of aryl methyl sites for hydroxylation is 1. The maximum Gasteiger partial charge on any atom is 0.275 e. The van der Waals surface area contributed by atoms with Gasteiger partial charge in [-0.3, -0.25) is 9.63 Å². The lowest BCUT2D eigenvalue weighted by Crippen LogP contribution is -2.44. The predicted octanol–water partition coefficient (Wildman–Crippen LogP) is 1.32. The van der Waals surface area contributed by atoms with Crippen molar-refractivity contribution in [2.45, 2.75) is 44.8 Å². The molecule has 0 unspecified atom stereocenters. The van der Waals surface area contributed by atoms with Gasteiger partial charge in [-0.1, -0.05) is 0 Å². The first-order chi connectivity index (χ1) is 11.7. The topological polar surface area (TPSA) is 67.8 Å². The molecule has 3 atom stereocenters. The molecule has 3 saturated heterocycles. The zero-order valence-electron chi connectivity index (χ0n) is 14.1. The number of hydroxylamine groups is 2. The lowest BCUT2D eigenvalue weighted by molar-refractivity contribution is -0.206. The van der Waals surface area contributed by atoms with Gasteiger partial charge in [0.05, 0.1) is 18.4 Å². The minimum Gasteiger partial charge on any atom is -0.363 e. The average Bonchev–Trinajstić information content (AvgIpc) is 3.05. The minimum absolute atomic E-state index is 0.00854. The second-order valence-corrected chi connectivity index (χ2v) is 6.91. The molecule has 4 heterocycles. The number of ether oxygens (including phenoxy) is 1. The summed E-state index contributed by atoms with van der Waals surface area (Å²) < 4.78 is 6.09. The Balaban J connectivity index is 1.38. The number of carbonyl (C=O) groups excluding carboxylic acids is 1. The molecule has 0 aliphatic carbocycles. The molecule has 1 amide bonds. The normalized spacial score (nSPS) is 30.3. The largest absolute Gasteiger partial charge is 0.363 e. The highest BCUT2D eigenvalue weighted by Gasteiger charge is 2.43. The molecule has 0 N–H and O–H groups in total. The third-order valence-electron chi connectivity index (χ3n) is 5.18. The van der Waals surface area contributed by atoms with Crippen LogP contribution in [0.1, 0.15) is 31.4 Å². The van der Waals surface area contributed by atoms with Crippen molar-refractivity contribution >= 4 is 11.7 Å². The summed E-state index contributed by atoms with van der Waals surface area (Å²) >= 11 is 0. The van der Waals surface area contributed by atoms with Crippen molar-refractivity contribution in [1.29, 1.82) is 0 Å². The van der Waals surface area contributed by atoms with Crippen LogP contribution in [0, 0.1) is 12.8 Å². The molecule has 0 saturated carbocycles. The Morgan fingerprint density at radius 1 is 1.25 bits per heavy atom. The summed E-state index contributed by atoms with van der Waals surface area (Å²) in [7, 11) is 0. The van der Waals surface area contributed by atoms with E-state index < -0.39 is 0 Å². The molecule has 3 aliphatic rings. The summed E-state index contributed by atoms with van der Waals surface area (Å²) in [6, 6.07) is 3.98. The first-order valence-electron chi connectivity index (χ1n) is 8.86. The van der Waals surface area contributed by atoms with Crippen molar-refractivity contribution in [3.63, 3.8) is 0 Å². The van der Waals surface area contributed by atoms with Crippen molar-refractivity contribution in [2.24, 2.45) is 5.92 Å². The molecular weight excluding hydrogens is 308 g/mol. The number of fused-ring (bicyclic) bond motifs is 1. The minimum atomic E-state index is -0.359. The van der Waals surface area contributed by atoms with Crippen LogP contribution in [-0.2, 0) is 14.4 Å². The number of anilines is 1. The van der Waals surface area contributed by atoms with E-state index in [1.165, 1.54) is 5.06 Å². The zero-order valence-corrected chi connectivity index (χ0v) is 14.1. The fraction of sp³-hybridized carbons (Fsp3) is 0.706. The number of amides is 1. The molecule has 0 radical (unpaired) electrons. The molecule has 3 aliphatic heterocycles. The Labute approximate surface area is 141 Å². The number of hydrogen-bond donors (Lipinski definition) is 0. The van der Waals surface area contributed by atoms with Crippen LogP contribution in [0.15, 0.2) is 12.1 Å². The lowest BCUT2D eigenvalue weighted by atomic mass is 9.91. The van der Waals surface area contributed by atoms with Crippen LogP contribution in [0.4, 0.5) is 5.82 Å². The third kappa shape index (κ3) is 3.10. The van der Waals surface area contributed by atoms with Crippen LogP contribution < -0.4 is 4.90 Å². The Bertz CT molecular complexity index is 588. The van der Waals surface area contributed by atoms with E-state index in [1.54, 1.807) is 0 Å². The summed E-state index contributed by atoms with van der Waals surface area (Å²) in [6.45, 7) is 4.95. The van der Waals surface area contributed by atoms with E-state index in [0.29, 0.717) is 19.1 Å². The fourth-order valence-corrected chi connectivity index (χ4v) is 3.79. The number of rotatable bonds is 2. The maximum atomic E-state index is 12.6. The van der Waals surface area contributed by atoms with Crippen LogP contribution in [0.3, 0.4) is 0 Å². The molecule has 7 heteroatoms. The highest BCUT2D eigenvalue weighted by atomic mass is 16.7. The second kappa shape index (κ2) is 6.64. The Morgan fingerprint density at radius 3 is 2.92 bits per heavy atom. The Kier molecular flexibility index (Phi) is 4.37. The van der Waals surface area contributed by atoms with Crippen molar-refractivity contribution < 1.29 is 14.4 Å². The van der Waals surface area contributed by atoms with E-state index in [1.807, 2.05) is 19.1 Å². The maximum absolute atomic E-state index is 12.6. The molecule has 130 valence electrons. The van der Waals surface area contributed by atoms with Crippen LogP contribution >= 0.6 is 0 Å². The van der Waals surface area contributed by atoms with Gasteiger partial charge in [-0.25, -0.2) is 5.06 Å². The van der Waals surface area contributed by atoms with Gasteiger partial charge in [0.1, 0.15) is 6.10 Å². The first kappa shape index (κ1) is 15.8. The Hall–Kier alpha value is -1.73. The summed E-state index contributed by atoms with van der Waals surface area (Å²) in [6.07, 6.45) is 3.57. The van der Waals surface area contributed by atoms with Crippen LogP contribution in [0.25, 0.3) is 0 Å². The molecule has 1 aromatic heterocycles. The highest BCUT2D eigenvalue weighted by molar-refractivity contribution is 5.80. The quantitative estimate of drug-likeness (QED) is 0.814.